The van der Waals surface area contributed by atoms with E-state index in [-0.39, 0.29) is 10.6 Å². The van der Waals surface area contributed by atoms with Gasteiger partial charge in [0.1, 0.15) is 0 Å². The van der Waals surface area contributed by atoms with E-state index in [9.17, 15) is 10.1 Å². The van der Waals surface area contributed by atoms with E-state index in [1.807, 2.05) is 6.92 Å². The van der Waals surface area contributed by atoms with Gasteiger partial charge in [0.15, 0.2) is 0 Å². The summed E-state index contributed by atoms with van der Waals surface area (Å²) in [5.41, 5.74) is 0.857. The molecule has 2 rings (SSSR count). The molecular weight excluding hydrogens is 230 g/mol. The number of pyridine rings is 1. The Morgan fingerprint density at radius 2 is 2.17 bits per heavy atom. The molecule has 18 heavy (non-hydrogen) atoms. The molecule has 0 unspecified atom stereocenters. The molecule has 5 heteroatoms. The number of anilines is 1. The normalized spacial score (nSPS) is 15.8. The monoisotopic (exact) mass is 249 g/mol. The molecule has 1 saturated carbocycles. The van der Waals surface area contributed by atoms with Crippen LogP contribution in [-0.2, 0) is 0 Å². The molecule has 0 radical (unpaired) electrons. The Morgan fingerprint density at radius 3 is 2.83 bits per heavy atom. The molecule has 0 saturated heterocycles. The fraction of sp³-hybridized carbons (Fsp3) is 0.615. The second-order valence-corrected chi connectivity index (χ2v) is 4.94. The molecule has 0 aliphatic heterocycles. The number of nitro groups is 1. The van der Waals surface area contributed by atoms with Crippen LogP contribution in [0.5, 0.6) is 0 Å². The summed E-state index contributed by atoms with van der Waals surface area (Å²) in [6.07, 6.45) is 6.32. The van der Waals surface area contributed by atoms with Crippen molar-refractivity contribution < 1.29 is 4.92 Å². The van der Waals surface area contributed by atoms with Gasteiger partial charge in [-0.05, 0) is 25.3 Å². The average Bonchev–Trinajstić information content (AvgIpc) is 2.82. The van der Waals surface area contributed by atoms with E-state index in [2.05, 4.69) is 10.3 Å². The van der Waals surface area contributed by atoms with Crippen molar-refractivity contribution in [1.82, 2.24) is 4.98 Å². The van der Waals surface area contributed by atoms with Gasteiger partial charge in [-0.25, -0.2) is 4.98 Å². The Labute approximate surface area is 107 Å². The van der Waals surface area contributed by atoms with Crippen LogP contribution < -0.4 is 5.32 Å². The van der Waals surface area contributed by atoms with Crippen molar-refractivity contribution in [2.75, 3.05) is 11.9 Å². The van der Waals surface area contributed by atoms with E-state index in [0.717, 1.165) is 24.6 Å². The number of hydrogen-bond donors (Lipinski definition) is 1. The first-order valence-electron chi connectivity index (χ1n) is 6.52. The Kier molecular flexibility index (Phi) is 4.12. The number of aromatic nitrogens is 1. The molecule has 1 aromatic rings. The lowest BCUT2D eigenvalue weighted by Gasteiger charge is -2.10. The van der Waals surface area contributed by atoms with E-state index in [1.54, 1.807) is 6.07 Å². The number of aryl methyl sites for hydroxylation is 1. The summed E-state index contributed by atoms with van der Waals surface area (Å²) in [6.45, 7) is 2.60. The molecule has 1 aliphatic carbocycles. The van der Waals surface area contributed by atoms with E-state index in [1.165, 1.54) is 31.7 Å². The fourth-order valence-corrected chi connectivity index (χ4v) is 2.52. The molecule has 98 valence electrons. The van der Waals surface area contributed by atoms with Crippen LogP contribution in [0.3, 0.4) is 0 Å². The van der Waals surface area contributed by atoms with Crippen LogP contribution in [0.4, 0.5) is 11.5 Å². The minimum Gasteiger partial charge on any atom is -0.364 e. The summed E-state index contributed by atoms with van der Waals surface area (Å²) < 4.78 is 0. The number of rotatable bonds is 5. The number of nitrogens with zero attached hydrogens (tertiary/aromatic N) is 2. The Hall–Kier alpha value is -1.65. The molecule has 0 amide bonds. The van der Waals surface area contributed by atoms with Crippen LogP contribution in [0.25, 0.3) is 0 Å². The minimum absolute atomic E-state index is 0.0621. The van der Waals surface area contributed by atoms with Crippen molar-refractivity contribution in [2.45, 2.75) is 39.0 Å². The van der Waals surface area contributed by atoms with Crippen LogP contribution in [0, 0.1) is 23.0 Å². The third kappa shape index (κ3) is 3.18. The molecule has 1 aromatic heterocycles. The van der Waals surface area contributed by atoms with Gasteiger partial charge >= 0.3 is 5.69 Å². The first kappa shape index (κ1) is 12.8. The van der Waals surface area contributed by atoms with Crippen molar-refractivity contribution in [1.29, 1.82) is 0 Å². The number of hydrogen-bond acceptors (Lipinski definition) is 4. The van der Waals surface area contributed by atoms with Crippen molar-refractivity contribution in [3.63, 3.8) is 0 Å². The van der Waals surface area contributed by atoms with E-state index >= 15 is 0 Å². The zero-order chi connectivity index (χ0) is 13.0. The summed E-state index contributed by atoms with van der Waals surface area (Å²) in [6, 6.07) is 3.18. The summed E-state index contributed by atoms with van der Waals surface area (Å²) in [4.78, 5) is 14.7. The lowest BCUT2D eigenvalue weighted by atomic mass is 10.0. The smallest absolute Gasteiger partial charge is 0.311 e. The van der Waals surface area contributed by atoms with Crippen molar-refractivity contribution >= 4 is 11.5 Å². The van der Waals surface area contributed by atoms with Gasteiger partial charge < -0.3 is 5.32 Å². The van der Waals surface area contributed by atoms with Gasteiger partial charge in [-0.3, -0.25) is 10.1 Å². The highest BCUT2D eigenvalue weighted by Crippen LogP contribution is 2.28. The van der Waals surface area contributed by atoms with Crippen LogP contribution in [-0.4, -0.2) is 16.5 Å². The molecule has 0 atom stereocenters. The minimum atomic E-state index is -0.385. The van der Waals surface area contributed by atoms with Gasteiger partial charge in [-0.2, -0.15) is 0 Å². The predicted octanol–water partition coefficient (Wildman–Crippen LogP) is 3.29. The Bertz CT molecular complexity index is 428. The van der Waals surface area contributed by atoms with Gasteiger partial charge in [0.05, 0.1) is 4.92 Å². The maximum Gasteiger partial charge on any atom is 0.311 e. The van der Waals surface area contributed by atoms with Gasteiger partial charge in [-0.1, -0.05) is 25.7 Å². The van der Waals surface area contributed by atoms with Crippen LogP contribution in [0.2, 0.25) is 0 Å². The lowest BCUT2D eigenvalue weighted by molar-refractivity contribution is -0.384. The van der Waals surface area contributed by atoms with Crippen molar-refractivity contribution in [3.05, 3.63) is 27.9 Å². The molecule has 1 aliphatic rings. The first-order chi connectivity index (χ1) is 8.66. The first-order valence-corrected chi connectivity index (χ1v) is 6.52. The Morgan fingerprint density at radius 1 is 1.44 bits per heavy atom. The predicted molar refractivity (Wildman–Crippen MR) is 70.7 cm³/mol. The number of nitrogens with one attached hydrogen (secondary N) is 1. The van der Waals surface area contributed by atoms with Crippen LogP contribution >= 0.6 is 0 Å². The van der Waals surface area contributed by atoms with Gasteiger partial charge in [0.2, 0.25) is 5.82 Å². The largest absolute Gasteiger partial charge is 0.364 e. The van der Waals surface area contributed by atoms with Gasteiger partial charge in [0, 0.05) is 18.3 Å². The topological polar surface area (TPSA) is 68.1 Å². The third-order valence-electron chi connectivity index (χ3n) is 3.53. The van der Waals surface area contributed by atoms with Crippen LogP contribution in [0.15, 0.2) is 12.1 Å². The fourth-order valence-electron chi connectivity index (χ4n) is 2.52. The van der Waals surface area contributed by atoms with Gasteiger partial charge in [-0.15, -0.1) is 0 Å². The van der Waals surface area contributed by atoms with E-state index in [4.69, 9.17) is 0 Å². The maximum absolute atomic E-state index is 10.9. The molecule has 1 fully saturated rings. The highest BCUT2D eigenvalue weighted by atomic mass is 16.6. The standard InChI is InChI=1S/C13H19N3O2/c1-10-6-7-12(16(17)18)13(15-10)14-9-8-11-4-2-3-5-11/h6-7,11H,2-5,8-9H2,1H3,(H,14,15). The van der Waals surface area contributed by atoms with Gasteiger partial charge in [0.25, 0.3) is 0 Å². The molecular formula is C13H19N3O2. The van der Waals surface area contributed by atoms with Crippen molar-refractivity contribution in [2.24, 2.45) is 5.92 Å². The average molecular weight is 249 g/mol. The zero-order valence-corrected chi connectivity index (χ0v) is 10.7. The molecule has 1 N–H and O–H groups in total. The molecule has 5 nitrogen and oxygen atoms in total. The maximum atomic E-state index is 10.9. The van der Waals surface area contributed by atoms with Crippen molar-refractivity contribution in [3.8, 4) is 0 Å². The highest BCUT2D eigenvalue weighted by molar-refractivity contribution is 5.55. The third-order valence-corrected chi connectivity index (χ3v) is 3.53. The highest BCUT2D eigenvalue weighted by Gasteiger charge is 2.17. The second-order valence-electron chi connectivity index (χ2n) is 4.94. The zero-order valence-electron chi connectivity index (χ0n) is 10.7. The SMILES string of the molecule is Cc1ccc([N+](=O)[O-])c(NCCC2CCCC2)n1. The molecule has 0 aromatic carbocycles. The summed E-state index contributed by atoms with van der Waals surface area (Å²) in [5.74, 6) is 1.18. The van der Waals surface area contributed by atoms with Crippen LogP contribution in [0.1, 0.15) is 37.8 Å². The second kappa shape index (κ2) is 5.80. The molecule has 1 heterocycles. The lowest BCUT2D eigenvalue weighted by Crippen LogP contribution is -2.10. The summed E-state index contributed by atoms with van der Waals surface area (Å²) in [7, 11) is 0. The van der Waals surface area contributed by atoms with E-state index in [0.29, 0.717) is 5.82 Å². The quantitative estimate of drug-likeness (QED) is 0.642. The summed E-state index contributed by atoms with van der Waals surface area (Å²) >= 11 is 0. The Balaban J connectivity index is 1.94. The van der Waals surface area contributed by atoms with E-state index < -0.39 is 0 Å². The summed E-state index contributed by atoms with van der Waals surface area (Å²) in [5, 5.41) is 14.0. The molecule has 0 spiro atoms. The molecule has 0 bridgehead atoms.